The van der Waals surface area contributed by atoms with Crippen molar-refractivity contribution in [2.75, 3.05) is 6.61 Å². The standard InChI is InChI=1S/C13H9F3O3/c14-13(15,16)7-19-11-6-9-4-2-1-3-8(9)5-10(11)12(17)18/h1-6H,7H2,(H,17,18). The van der Waals surface area contributed by atoms with Gasteiger partial charge in [0, 0.05) is 0 Å². The molecule has 0 spiro atoms. The molecule has 0 aliphatic heterocycles. The van der Waals surface area contributed by atoms with Crippen molar-refractivity contribution in [3.8, 4) is 5.75 Å². The molecule has 0 radical (unpaired) electrons. The van der Waals surface area contributed by atoms with E-state index in [1.54, 1.807) is 24.3 Å². The zero-order valence-electron chi connectivity index (χ0n) is 9.57. The van der Waals surface area contributed by atoms with Crippen molar-refractivity contribution in [2.45, 2.75) is 6.18 Å². The van der Waals surface area contributed by atoms with Crippen molar-refractivity contribution >= 4 is 16.7 Å². The smallest absolute Gasteiger partial charge is 0.422 e. The van der Waals surface area contributed by atoms with Crippen molar-refractivity contribution < 1.29 is 27.8 Å². The first-order valence-corrected chi connectivity index (χ1v) is 5.32. The quantitative estimate of drug-likeness (QED) is 0.928. The van der Waals surface area contributed by atoms with Gasteiger partial charge in [-0.1, -0.05) is 24.3 Å². The molecule has 0 saturated carbocycles. The van der Waals surface area contributed by atoms with Gasteiger partial charge in [0.1, 0.15) is 11.3 Å². The van der Waals surface area contributed by atoms with E-state index in [1.807, 2.05) is 0 Å². The molecule has 0 aromatic heterocycles. The van der Waals surface area contributed by atoms with Gasteiger partial charge in [0.25, 0.3) is 0 Å². The lowest BCUT2D eigenvalue weighted by molar-refractivity contribution is -0.153. The summed E-state index contributed by atoms with van der Waals surface area (Å²) in [6.07, 6.45) is -4.51. The molecule has 2 rings (SSSR count). The van der Waals surface area contributed by atoms with Gasteiger partial charge in [0.2, 0.25) is 0 Å². The highest BCUT2D eigenvalue weighted by molar-refractivity contribution is 5.97. The third kappa shape index (κ3) is 3.15. The number of fused-ring (bicyclic) bond motifs is 1. The van der Waals surface area contributed by atoms with Gasteiger partial charge in [-0.15, -0.1) is 0 Å². The number of carbonyl (C=O) groups is 1. The van der Waals surface area contributed by atoms with Crippen LogP contribution in [0.2, 0.25) is 0 Å². The molecule has 1 N–H and O–H groups in total. The Morgan fingerprint density at radius 1 is 1.16 bits per heavy atom. The zero-order valence-corrected chi connectivity index (χ0v) is 9.57. The number of ether oxygens (including phenoxy) is 1. The predicted octanol–water partition coefficient (Wildman–Crippen LogP) is 3.48. The summed E-state index contributed by atoms with van der Waals surface area (Å²) < 4.78 is 40.9. The van der Waals surface area contributed by atoms with E-state index in [0.717, 1.165) is 0 Å². The number of aromatic carboxylic acids is 1. The highest BCUT2D eigenvalue weighted by Gasteiger charge is 2.29. The van der Waals surface area contributed by atoms with Crippen LogP contribution in [0.15, 0.2) is 36.4 Å². The summed E-state index contributed by atoms with van der Waals surface area (Å²) in [5.41, 5.74) is -0.289. The summed E-state index contributed by atoms with van der Waals surface area (Å²) in [6, 6.07) is 9.35. The number of benzene rings is 2. The molecule has 0 fully saturated rings. The molecule has 2 aromatic rings. The lowest BCUT2D eigenvalue weighted by atomic mass is 10.1. The second kappa shape index (κ2) is 4.79. The molecule has 0 bridgehead atoms. The fourth-order valence-corrected chi connectivity index (χ4v) is 1.67. The van der Waals surface area contributed by atoms with E-state index >= 15 is 0 Å². The first kappa shape index (κ1) is 13.2. The zero-order chi connectivity index (χ0) is 14.0. The second-order valence-corrected chi connectivity index (χ2v) is 3.90. The minimum Gasteiger partial charge on any atom is -0.483 e. The Morgan fingerprint density at radius 2 is 1.74 bits per heavy atom. The molecule has 0 heterocycles. The molecular formula is C13H9F3O3. The van der Waals surface area contributed by atoms with Gasteiger partial charge in [0.05, 0.1) is 0 Å². The summed E-state index contributed by atoms with van der Waals surface area (Å²) in [7, 11) is 0. The Bertz CT molecular complexity index is 620. The maximum atomic E-state index is 12.1. The second-order valence-electron chi connectivity index (χ2n) is 3.90. The van der Waals surface area contributed by atoms with Crippen LogP contribution in [0.3, 0.4) is 0 Å². The SMILES string of the molecule is O=C(O)c1cc2ccccc2cc1OCC(F)(F)F. The Hall–Kier alpha value is -2.24. The molecule has 0 aliphatic carbocycles. The van der Waals surface area contributed by atoms with Crippen molar-refractivity contribution in [3.63, 3.8) is 0 Å². The number of hydrogen-bond donors (Lipinski definition) is 1. The molecule has 3 nitrogen and oxygen atoms in total. The average Bonchev–Trinajstić information content (AvgIpc) is 2.34. The first-order chi connectivity index (χ1) is 8.87. The van der Waals surface area contributed by atoms with Crippen LogP contribution in [-0.4, -0.2) is 23.9 Å². The van der Waals surface area contributed by atoms with Crippen LogP contribution < -0.4 is 4.74 Å². The van der Waals surface area contributed by atoms with Crippen LogP contribution >= 0.6 is 0 Å². The Kier molecular flexibility index (Phi) is 3.33. The Labute approximate surface area is 106 Å². The largest absolute Gasteiger partial charge is 0.483 e. The number of hydrogen-bond acceptors (Lipinski definition) is 2. The van der Waals surface area contributed by atoms with E-state index in [2.05, 4.69) is 4.74 Å². The maximum Gasteiger partial charge on any atom is 0.422 e. The first-order valence-electron chi connectivity index (χ1n) is 5.32. The number of carboxylic acid groups (broad SMARTS) is 1. The topological polar surface area (TPSA) is 46.5 Å². The molecule has 6 heteroatoms. The van der Waals surface area contributed by atoms with Crippen LogP contribution in [0.1, 0.15) is 10.4 Å². The van der Waals surface area contributed by atoms with Crippen LogP contribution in [-0.2, 0) is 0 Å². The summed E-state index contributed by atoms with van der Waals surface area (Å²) in [4.78, 5) is 11.0. The van der Waals surface area contributed by atoms with Crippen LogP contribution in [0.5, 0.6) is 5.75 Å². The van der Waals surface area contributed by atoms with Gasteiger partial charge in [-0.2, -0.15) is 13.2 Å². The minimum atomic E-state index is -4.51. The highest BCUT2D eigenvalue weighted by atomic mass is 19.4. The minimum absolute atomic E-state index is 0.288. The lowest BCUT2D eigenvalue weighted by Gasteiger charge is -2.12. The number of alkyl halides is 3. The van der Waals surface area contributed by atoms with E-state index in [0.29, 0.717) is 10.8 Å². The molecule has 19 heavy (non-hydrogen) atoms. The Morgan fingerprint density at radius 3 is 2.26 bits per heavy atom. The van der Waals surface area contributed by atoms with Gasteiger partial charge in [-0.3, -0.25) is 0 Å². The molecule has 0 atom stereocenters. The molecule has 0 saturated heterocycles. The van der Waals surface area contributed by atoms with Gasteiger partial charge < -0.3 is 9.84 Å². The fourth-order valence-electron chi connectivity index (χ4n) is 1.67. The van der Waals surface area contributed by atoms with E-state index in [1.165, 1.54) is 12.1 Å². The van der Waals surface area contributed by atoms with Crippen LogP contribution in [0.4, 0.5) is 13.2 Å². The van der Waals surface area contributed by atoms with Crippen molar-refractivity contribution in [3.05, 3.63) is 42.0 Å². The maximum absolute atomic E-state index is 12.1. The normalized spacial score (nSPS) is 11.5. The van der Waals surface area contributed by atoms with Crippen LogP contribution in [0, 0.1) is 0 Å². The Balaban J connectivity index is 2.45. The third-order valence-corrected chi connectivity index (χ3v) is 2.47. The highest BCUT2D eigenvalue weighted by Crippen LogP contribution is 2.27. The van der Waals surface area contributed by atoms with Crippen molar-refractivity contribution in [1.29, 1.82) is 0 Å². The van der Waals surface area contributed by atoms with Gasteiger partial charge >= 0.3 is 12.1 Å². The van der Waals surface area contributed by atoms with Gasteiger partial charge in [-0.05, 0) is 22.9 Å². The van der Waals surface area contributed by atoms with Crippen LogP contribution in [0.25, 0.3) is 10.8 Å². The molecule has 0 aliphatic rings. The average molecular weight is 270 g/mol. The van der Waals surface area contributed by atoms with E-state index in [-0.39, 0.29) is 11.3 Å². The van der Waals surface area contributed by atoms with Crippen molar-refractivity contribution in [2.24, 2.45) is 0 Å². The summed E-state index contributed by atoms with van der Waals surface area (Å²) in [6.45, 7) is -1.52. The molecule has 0 unspecified atom stereocenters. The molecule has 0 amide bonds. The monoisotopic (exact) mass is 270 g/mol. The van der Waals surface area contributed by atoms with Gasteiger partial charge in [-0.25, -0.2) is 4.79 Å². The third-order valence-electron chi connectivity index (χ3n) is 2.47. The number of rotatable bonds is 3. The molecule has 2 aromatic carbocycles. The summed E-state index contributed by atoms with van der Waals surface area (Å²) in [5, 5.41) is 10.2. The summed E-state index contributed by atoms with van der Waals surface area (Å²) in [5.74, 6) is -1.62. The van der Waals surface area contributed by atoms with E-state index < -0.39 is 18.8 Å². The number of carboxylic acids is 1. The molecular weight excluding hydrogens is 261 g/mol. The summed E-state index contributed by atoms with van der Waals surface area (Å²) >= 11 is 0. The fraction of sp³-hybridized carbons (Fsp3) is 0.154. The van der Waals surface area contributed by atoms with Gasteiger partial charge in [0.15, 0.2) is 6.61 Å². The lowest BCUT2D eigenvalue weighted by Crippen LogP contribution is -2.20. The van der Waals surface area contributed by atoms with Crippen molar-refractivity contribution in [1.82, 2.24) is 0 Å². The predicted molar refractivity (Wildman–Crippen MR) is 62.5 cm³/mol. The van der Waals surface area contributed by atoms with E-state index in [4.69, 9.17) is 5.11 Å². The molecule has 100 valence electrons. The number of halogens is 3. The van der Waals surface area contributed by atoms with E-state index in [9.17, 15) is 18.0 Å².